The third-order valence-corrected chi connectivity index (χ3v) is 5.19. The van der Waals surface area contributed by atoms with E-state index in [9.17, 15) is 4.79 Å². The monoisotopic (exact) mass is 279 g/mol. The summed E-state index contributed by atoms with van der Waals surface area (Å²) in [5.74, 6) is 2.96. The van der Waals surface area contributed by atoms with Crippen LogP contribution in [-0.2, 0) is 11.2 Å². The number of hydrogen-bond acceptors (Lipinski definition) is 4. The molecule has 0 aromatic carbocycles. The zero-order valence-electron chi connectivity index (χ0n) is 12.8. The van der Waals surface area contributed by atoms with Crippen molar-refractivity contribution in [2.45, 2.75) is 40.0 Å². The van der Waals surface area contributed by atoms with Gasteiger partial charge in [0.2, 0.25) is 5.91 Å². The Balaban J connectivity index is 2.17. The van der Waals surface area contributed by atoms with E-state index in [0.717, 1.165) is 5.92 Å². The minimum absolute atomic E-state index is 0.0313. The summed E-state index contributed by atoms with van der Waals surface area (Å²) >= 11 is 0. The van der Waals surface area contributed by atoms with Crippen LogP contribution in [0.15, 0.2) is 0 Å². The summed E-state index contributed by atoms with van der Waals surface area (Å²) in [5, 5.41) is 17.0. The fourth-order valence-corrected chi connectivity index (χ4v) is 3.61. The molecule has 6 heteroatoms. The average molecular weight is 279 g/mol. The SMILES string of the molecule is CNC(=O)C(C)C(Cc1nn[nH]n1)[C@H]1CC[C@@H](C)[C@H]1C. The van der Waals surface area contributed by atoms with Gasteiger partial charge in [-0.2, -0.15) is 5.21 Å². The molecule has 2 N–H and O–H groups in total. The molecule has 20 heavy (non-hydrogen) atoms. The Bertz CT molecular complexity index is 433. The van der Waals surface area contributed by atoms with Gasteiger partial charge in [0, 0.05) is 19.4 Å². The number of carbonyl (C=O) groups is 1. The first-order chi connectivity index (χ1) is 9.54. The van der Waals surface area contributed by atoms with Crippen LogP contribution in [0.5, 0.6) is 0 Å². The highest BCUT2D eigenvalue weighted by atomic mass is 16.1. The van der Waals surface area contributed by atoms with Crippen LogP contribution in [0.1, 0.15) is 39.4 Å². The van der Waals surface area contributed by atoms with E-state index in [0.29, 0.717) is 24.1 Å². The first-order valence-corrected chi connectivity index (χ1v) is 7.48. The lowest BCUT2D eigenvalue weighted by Crippen LogP contribution is -2.36. The molecule has 0 spiro atoms. The second-order valence-electron chi connectivity index (χ2n) is 6.18. The number of amides is 1. The standard InChI is InChI=1S/C14H25N5O/c1-8-5-6-11(9(8)2)12(10(3)14(20)15-4)7-13-16-18-19-17-13/h8-12H,5-7H2,1-4H3,(H,15,20)(H,16,17,18,19)/t8-,9-,10?,11+,12?/m1/s1. The minimum Gasteiger partial charge on any atom is -0.359 e. The van der Waals surface area contributed by atoms with Gasteiger partial charge in [-0.1, -0.05) is 32.4 Å². The van der Waals surface area contributed by atoms with Crippen LogP contribution < -0.4 is 5.32 Å². The van der Waals surface area contributed by atoms with Gasteiger partial charge in [-0.15, -0.1) is 10.2 Å². The molecule has 2 unspecified atom stereocenters. The zero-order chi connectivity index (χ0) is 14.7. The number of aromatic amines is 1. The number of nitrogens with one attached hydrogen (secondary N) is 2. The zero-order valence-corrected chi connectivity index (χ0v) is 12.8. The fourth-order valence-electron chi connectivity index (χ4n) is 3.61. The maximum absolute atomic E-state index is 12.1. The first kappa shape index (κ1) is 14.9. The molecule has 0 aliphatic heterocycles. The van der Waals surface area contributed by atoms with Crippen LogP contribution in [0.25, 0.3) is 0 Å². The topological polar surface area (TPSA) is 83.6 Å². The molecule has 112 valence electrons. The second-order valence-corrected chi connectivity index (χ2v) is 6.18. The van der Waals surface area contributed by atoms with Gasteiger partial charge in [-0.25, -0.2) is 0 Å². The van der Waals surface area contributed by atoms with Gasteiger partial charge in [-0.05, 0) is 30.1 Å². The molecule has 1 aliphatic carbocycles. The smallest absolute Gasteiger partial charge is 0.222 e. The third-order valence-electron chi connectivity index (χ3n) is 5.19. The van der Waals surface area contributed by atoms with Gasteiger partial charge >= 0.3 is 0 Å². The van der Waals surface area contributed by atoms with Gasteiger partial charge in [0.15, 0.2) is 5.82 Å². The average Bonchev–Trinajstić information content (AvgIpc) is 3.06. The van der Waals surface area contributed by atoms with Crippen molar-refractivity contribution in [3.8, 4) is 0 Å². The van der Waals surface area contributed by atoms with E-state index in [-0.39, 0.29) is 17.7 Å². The lowest BCUT2D eigenvalue weighted by atomic mass is 9.74. The largest absolute Gasteiger partial charge is 0.359 e. The number of nitrogens with zero attached hydrogens (tertiary/aromatic N) is 3. The molecule has 5 atom stereocenters. The normalized spacial score (nSPS) is 29.1. The first-order valence-electron chi connectivity index (χ1n) is 7.48. The molecular weight excluding hydrogens is 254 g/mol. The van der Waals surface area contributed by atoms with Crippen molar-refractivity contribution in [1.29, 1.82) is 0 Å². The number of hydrogen-bond donors (Lipinski definition) is 2. The maximum atomic E-state index is 12.1. The highest BCUT2D eigenvalue weighted by Crippen LogP contribution is 2.44. The Labute approximate surface area is 120 Å². The molecule has 0 bridgehead atoms. The predicted molar refractivity (Wildman–Crippen MR) is 75.7 cm³/mol. The number of rotatable bonds is 5. The molecule has 0 radical (unpaired) electrons. The van der Waals surface area contributed by atoms with Crippen LogP contribution in [0.3, 0.4) is 0 Å². The van der Waals surface area contributed by atoms with Crippen molar-refractivity contribution in [2.24, 2.45) is 29.6 Å². The molecule has 1 aromatic heterocycles. The number of carbonyl (C=O) groups excluding carboxylic acids is 1. The number of aromatic nitrogens is 4. The third kappa shape index (κ3) is 2.99. The Morgan fingerprint density at radius 2 is 2.20 bits per heavy atom. The lowest BCUT2D eigenvalue weighted by Gasteiger charge is -2.31. The van der Waals surface area contributed by atoms with Crippen LogP contribution >= 0.6 is 0 Å². The Hall–Kier alpha value is -1.46. The maximum Gasteiger partial charge on any atom is 0.222 e. The highest BCUT2D eigenvalue weighted by Gasteiger charge is 2.39. The number of H-pyrrole nitrogens is 1. The van der Waals surface area contributed by atoms with Crippen molar-refractivity contribution >= 4 is 5.91 Å². The summed E-state index contributed by atoms with van der Waals surface area (Å²) in [5.41, 5.74) is 0. The van der Waals surface area contributed by atoms with Crippen molar-refractivity contribution in [3.05, 3.63) is 5.82 Å². The molecular formula is C14H25N5O. The summed E-state index contributed by atoms with van der Waals surface area (Å²) in [4.78, 5) is 12.1. The van der Waals surface area contributed by atoms with Gasteiger partial charge in [0.05, 0.1) is 0 Å². The van der Waals surface area contributed by atoms with Gasteiger partial charge < -0.3 is 5.32 Å². The summed E-state index contributed by atoms with van der Waals surface area (Å²) in [6, 6.07) is 0. The fraction of sp³-hybridized carbons (Fsp3) is 0.857. The van der Waals surface area contributed by atoms with Crippen molar-refractivity contribution in [3.63, 3.8) is 0 Å². The summed E-state index contributed by atoms with van der Waals surface area (Å²) in [6.45, 7) is 6.63. The molecule has 1 amide bonds. The summed E-state index contributed by atoms with van der Waals surface area (Å²) in [6.07, 6.45) is 3.15. The van der Waals surface area contributed by atoms with E-state index in [4.69, 9.17) is 0 Å². The minimum atomic E-state index is -0.0313. The Morgan fingerprint density at radius 1 is 1.45 bits per heavy atom. The van der Waals surface area contributed by atoms with E-state index >= 15 is 0 Å². The molecule has 6 nitrogen and oxygen atoms in total. The highest BCUT2D eigenvalue weighted by molar-refractivity contribution is 5.78. The van der Waals surface area contributed by atoms with Gasteiger partial charge in [-0.3, -0.25) is 4.79 Å². The predicted octanol–water partition coefficient (Wildman–Crippen LogP) is 1.42. The molecule has 1 aliphatic rings. The van der Waals surface area contributed by atoms with Crippen LogP contribution in [0.4, 0.5) is 0 Å². The van der Waals surface area contributed by atoms with E-state index in [1.165, 1.54) is 12.8 Å². The molecule has 1 fully saturated rings. The van der Waals surface area contributed by atoms with Gasteiger partial charge in [0.25, 0.3) is 0 Å². The van der Waals surface area contributed by atoms with Crippen molar-refractivity contribution < 1.29 is 4.79 Å². The van der Waals surface area contributed by atoms with Crippen molar-refractivity contribution in [1.82, 2.24) is 25.9 Å². The molecule has 1 aromatic rings. The molecule has 1 heterocycles. The molecule has 2 rings (SSSR count). The van der Waals surface area contributed by atoms with Crippen LogP contribution in [0, 0.1) is 29.6 Å². The van der Waals surface area contributed by atoms with E-state index in [1.54, 1.807) is 7.05 Å². The lowest BCUT2D eigenvalue weighted by molar-refractivity contribution is -0.126. The van der Waals surface area contributed by atoms with E-state index in [2.05, 4.69) is 39.8 Å². The summed E-state index contributed by atoms with van der Waals surface area (Å²) < 4.78 is 0. The van der Waals surface area contributed by atoms with E-state index in [1.807, 2.05) is 6.92 Å². The van der Waals surface area contributed by atoms with E-state index < -0.39 is 0 Å². The van der Waals surface area contributed by atoms with Gasteiger partial charge in [0.1, 0.15) is 0 Å². The van der Waals surface area contributed by atoms with Crippen LogP contribution in [0.2, 0.25) is 0 Å². The molecule has 1 saturated carbocycles. The molecule has 0 saturated heterocycles. The van der Waals surface area contributed by atoms with Crippen LogP contribution in [-0.4, -0.2) is 33.6 Å². The Morgan fingerprint density at radius 3 is 2.70 bits per heavy atom. The Kier molecular flexibility index (Phi) is 4.73. The number of tetrazole rings is 1. The second kappa shape index (κ2) is 6.33. The summed E-state index contributed by atoms with van der Waals surface area (Å²) in [7, 11) is 1.70. The van der Waals surface area contributed by atoms with Crippen molar-refractivity contribution in [2.75, 3.05) is 7.05 Å². The quantitative estimate of drug-likeness (QED) is 0.854.